The first-order valence-corrected chi connectivity index (χ1v) is 14.6. The minimum atomic E-state index is -0.493. The van der Waals surface area contributed by atoms with Crippen molar-refractivity contribution in [2.45, 2.75) is 51.8 Å². The number of hydrogen-bond donors (Lipinski definition) is 1. The molecular weight excluding hydrogens is 537 g/mol. The summed E-state index contributed by atoms with van der Waals surface area (Å²) in [6.07, 6.45) is 3.36. The van der Waals surface area contributed by atoms with Crippen LogP contribution < -0.4 is 10.2 Å². The summed E-state index contributed by atoms with van der Waals surface area (Å²) in [7, 11) is 0. The number of halogens is 1. The quantitative estimate of drug-likeness (QED) is 0.316. The Labute approximate surface area is 244 Å². The van der Waals surface area contributed by atoms with Crippen molar-refractivity contribution >= 4 is 29.4 Å². The highest BCUT2D eigenvalue weighted by atomic mass is 32.2. The maximum Gasteiger partial charge on any atom is 0.240 e. The van der Waals surface area contributed by atoms with Crippen molar-refractivity contribution in [2.24, 2.45) is 0 Å². The van der Waals surface area contributed by atoms with E-state index in [4.69, 9.17) is 5.10 Å². The van der Waals surface area contributed by atoms with Gasteiger partial charge in [0.15, 0.2) is 0 Å². The van der Waals surface area contributed by atoms with Gasteiger partial charge < -0.3 is 5.32 Å². The van der Waals surface area contributed by atoms with Gasteiger partial charge >= 0.3 is 0 Å². The van der Waals surface area contributed by atoms with E-state index in [2.05, 4.69) is 37.1 Å². The van der Waals surface area contributed by atoms with Crippen LogP contribution in [-0.4, -0.2) is 38.9 Å². The molecule has 0 saturated carbocycles. The molecule has 3 heterocycles. The number of anilines is 1. The van der Waals surface area contributed by atoms with E-state index in [9.17, 15) is 9.59 Å². The molecule has 0 spiro atoms. The lowest BCUT2D eigenvalue weighted by molar-refractivity contribution is -0.123. The zero-order valence-electron chi connectivity index (χ0n) is 23.9. The lowest BCUT2D eigenvalue weighted by atomic mass is 9.87. The molecular formula is C32H34FN5O2S. The van der Waals surface area contributed by atoms with Crippen LogP contribution in [0.1, 0.15) is 59.5 Å². The van der Waals surface area contributed by atoms with Crippen molar-refractivity contribution < 1.29 is 14.0 Å². The Morgan fingerprint density at radius 1 is 1.12 bits per heavy atom. The van der Waals surface area contributed by atoms with E-state index in [0.717, 1.165) is 33.6 Å². The van der Waals surface area contributed by atoms with E-state index in [1.807, 2.05) is 38.1 Å². The molecule has 0 radical (unpaired) electrons. The second-order valence-electron chi connectivity index (χ2n) is 11.4. The number of benzene rings is 2. The van der Waals surface area contributed by atoms with Crippen LogP contribution in [0.5, 0.6) is 0 Å². The highest BCUT2D eigenvalue weighted by Crippen LogP contribution is 2.49. The summed E-state index contributed by atoms with van der Waals surface area (Å²) < 4.78 is 17.1. The number of hydrogen-bond acceptors (Lipinski definition) is 5. The summed E-state index contributed by atoms with van der Waals surface area (Å²) in [6.45, 7) is 10.3. The molecule has 0 fully saturated rings. The van der Waals surface area contributed by atoms with E-state index in [0.29, 0.717) is 11.4 Å². The van der Waals surface area contributed by atoms with Crippen molar-refractivity contribution in [2.75, 3.05) is 17.2 Å². The second-order valence-corrected chi connectivity index (χ2v) is 12.5. The molecule has 9 heteroatoms. The lowest BCUT2D eigenvalue weighted by Crippen LogP contribution is -2.42. The van der Waals surface area contributed by atoms with Crippen LogP contribution in [0.25, 0.3) is 5.69 Å². The molecule has 1 atom stereocenters. The van der Waals surface area contributed by atoms with Gasteiger partial charge in [0.25, 0.3) is 0 Å². The highest BCUT2D eigenvalue weighted by molar-refractivity contribution is 8.00. The van der Waals surface area contributed by atoms with Gasteiger partial charge in [-0.1, -0.05) is 62.7 Å². The molecule has 0 unspecified atom stereocenters. The summed E-state index contributed by atoms with van der Waals surface area (Å²) in [5.41, 5.74) is 5.29. The Bertz CT molecular complexity index is 1600. The molecule has 5 rings (SSSR count). The number of aromatic nitrogens is 3. The van der Waals surface area contributed by atoms with E-state index in [-0.39, 0.29) is 36.5 Å². The molecule has 0 saturated heterocycles. The number of fused-ring (bicyclic) bond motifs is 1. The topological polar surface area (TPSA) is 80.1 Å². The van der Waals surface area contributed by atoms with Crippen LogP contribution >= 0.6 is 11.8 Å². The van der Waals surface area contributed by atoms with Crippen LogP contribution in [0.4, 0.5) is 10.2 Å². The van der Waals surface area contributed by atoms with E-state index >= 15 is 4.39 Å². The van der Waals surface area contributed by atoms with E-state index in [1.54, 1.807) is 35.3 Å². The Morgan fingerprint density at radius 3 is 2.59 bits per heavy atom. The van der Waals surface area contributed by atoms with Crippen LogP contribution in [0.3, 0.4) is 0 Å². The third kappa shape index (κ3) is 5.91. The maximum absolute atomic E-state index is 15.3. The largest absolute Gasteiger partial charge is 0.350 e. The number of nitrogens with one attached hydrogen (secondary N) is 1. The minimum absolute atomic E-state index is 0.0834. The van der Waals surface area contributed by atoms with Gasteiger partial charge in [-0.05, 0) is 43.2 Å². The number of amides is 2. The van der Waals surface area contributed by atoms with Gasteiger partial charge in [0, 0.05) is 35.5 Å². The fourth-order valence-electron chi connectivity index (χ4n) is 5.12. The molecule has 0 aliphatic carbocycles. The number of rotatable bonds is 6. The summed E-state index contributed by atoms with van der Waals surface area (Å²) in [6, 6.07) is 16.4. The number of nitrogens with zero attached hydrogens (tertiary/aromatic N) is 4. The molecule has 2 aromatic heterocycles. The van der Waals surface area contributed by atoms with Crippen molar-refractivity contribution in [1.82, 2.24) is 20.1 Å². The third-order valence-corrected chi connectivity index (χ3v) is 8.32. The zero-order valence-corrected chi connectivity index (χ0v) is 24.8. The van der Waals surface area contributed by atoms with Gasteiger partial charge in [-0.15, -0.1) is 11.8 Å². The summed E-state index contributed by atoms with van der Waals surface area (Å²) >= 11 is 1.36. The van der Waals surface area contributed by atoms with E-state index < -0.39 is 10.7 Å². The van der Waals surface area contributed by atoms with Crippen molar-refractivity contribution in [3.8, 4) is 5.69 Å². The Hall–Kier alpha value is -3.98. The van der Waals surface area contributed by atoms with Gasteiger partial charge in [0.2, 0.25) is 11.8 Å². The SMILES string of the molecule is Cc1ccc(-n2nc(C(C)(C)C)c3c2N(CC(=O)NCc2cccnc2)C(=O)CS[C@@H]3c2ccccc2F)c(C)c1. The van der Waals surface area contributed by atoms with Gasteiger partial charge in [-0.2, -0.15) is 5.10 Å². The Kier molecular flexibility index (Phi) is 8.00. The van der Waals surface area contributed by atoms with Gasteiger partial charge in [0.05, 0.1) is 22.4 Å². The van der Waals surface area contributed by atoms with Gasteiger partial charge in [0.1, 0.15) is 18.2 Å². The smallest absolute Gasteiger partial charge is 0.240 e. The van der Waals surface area contributed by atoms with Crippen molar-refractivity contribution in [1.29, 1.82) is 0 Å². The Morgan fingerprint density at radius 2 is 1.90 bits per heavy atom. The van der Waals surface area contributed by atoms with Gasteiger partial charge in [-0.3, -0.25) is 19.5 Å². The fourth-order valence-corrected chi connectivity index (χ4v) is 6.34. The predicted molar refractivity (Wildman–Crippen MR) is 161 cm³/mol. The van der Waals surface area contributed by atoms with Crippen LogP contribution in [-0.2, 0) is 21.5 Å². The first-order chi connectivity index (χ1) is 19.5. The molecule has 1 N–H and O–H groups in total. The van der Waals surface area contributed by atoms with Crippen molar-refractivity contribution in [3.63, 3.8) is 0 Å². The summed E-state index contributed by atoms with van der Waals surface area (Å²) in [5.74, 6) is -0.307. The summed E-state index contributed by atoms with van der Waals surface area (Å²) in [4.78, 5) is 32.7. The first-order valence-electron chi connectivity index (χ1n) is 13.6. The minimum Gasteiger partial charge on any atom is -0.350 e. The monoisotopic (exact) mass is 571 g/mol. The highest BCUT2D eigenvalue weighted by Gasteiger charge is 2.40. The average molecular weight is 572 g/mol. The summed E-state index contributed by atoms with van der Waals surface area (Å²) in [5, 5.41) is 7.53. The standard InChI is InChI=1S/C32H34FN5O2S/c1-20-12-13-25(21(2)15-20)38-31-28(30(36-38)32(3,4)5)29(23-10-6-7-11-24(23)33)41-19-27(40)37(31)18-26(39)35-17-22-9-8-14-34-16-22/h6-16,29H,17-19H2,1-5H3,(H,35,39)/t29-/m1/s1. The van der Waals surface area contributed by atoms with Crippen LogP contribution in [0.15, 0.2) is 67.0 Å². The normalized spacial score (nSPS) is 15.4. The second kappa shape index (κ2) is 11.5. The van der Waals surface area contributed by atoms with E-state index in [1.165, 1.54) is 22.7 Å². The molecule has 7 nitrogen and oxygen atoms in total. The van der Waals surface area contributed by atoms with Crippen LogP contribution in [0, 0.1) is 19.7 Å². The van der Waals surface area contributed by atoms with Gasteiger partial charge in [-0.25, -0.2) is 9.07 Å². The average Bonchev–Trinajstić information content (AvgIpc) is 3.26. The number of aryl methyl sites for hydroxylation is 2. The molecule has 1 aliphatic heterocycles. The molecule has 4 aromatic rings. The third-order valence-electron chi connectivity index (χ3n) is 7.08. The number of thioether (sulfide) groups is 1. The number of pyridine rings is 1. The molecule has 41 heavy (non-hydrogen) atoms. The molecule has 212 valence electrons. The molecule has 2 aromatic carbocycles. The molecule has 1 aliphatic rings. The van der Waals surface area contributed by atoms with Crippen molar-refractivity contribution in [3.05, 3.63) is 106 Å². The predicted octanol–water partition coefficient (Wildman–Crippen LogP) is 5.81. The molecule has 2 amide bonds. The first kappa shape index (κ1) is 28.5. The molecule has 0 bridgehead atoms. The van der Waals surface area contributed by atoms with Crippen LogP contribution in [0.2, 0.25) is 0 Å². The lowest BCUT2D eigenvalue weighted by Gasteiger charge is -2.25. The number of carbonyl (C=O) groups excluding carboxylic acids is 2. The zero-order chi connectivity index (χ0) is 29.3. The maximum atomic E-state index is 15.3. The Balaban J connectivity index is 1.69. The fraction of sp³-hybridized carbons (Fsp3) is 0.312. The number of carbonyl (C=O) groups is 2.